The highest BCUT2D eigenvalue weighted by molar-refractivity contribution is 6.31. The van der Waals surface area contributed by atoms with Crippen LogP contribution < -0.4 is 5.32 Å². The summed E-state index contributed by atoms with van der Waals surface area (Å²) in [5.74, 6) is -0.991. The molecule has 0 aromatic heterocycles. The third kappa shape index (κ3) is 3.06. The molecule has 0 fully saturated rings. The number of halogens is 2. The molecular weight excluding hydrogens is 297 g/mol. The molecule has 5 heteroatoms. The van der Waals surface area contributed by atoms with E-state index in [0.29, 0.717) is 21.3 Å². The summed E-state index contributed by atoms with van der Waals surface area (Å²) in [5.41, 5.74) is -0.0367. The summed E-state index contributed by atoms with van der Waals surface area (Å²) < 4.78 is 0. The number of rotatable bonds is 4. The maximum atomic E-state index is 11.7. The van der Waals surface area contributed by atoms with Crippen LogP contribution in [0.25, 0.3) is 0 Å². The Kier molecular flexibility index (Phi) is 4.21. The average Bonchev–Trinajstić information content (AvgIpc) is 2.41. The molecule has 20 heavy (non-hydrogen) atoms. The number of carboxylic acid groups (broad SMARTS) is 1. The predicted octanol–water partition coefficient (Wildman–Crippen LogP) is 4.41. The molecule has 2 aromatic carbocycles. The highest BCUT2D eigenvalue weighted by atomic mass is 35.5. The zero-order valence-corrected chi connectivity index (χ0v) is 12.2. The molecule has 104 valence electrons. The van der Waals surface area contributed by atoms with E-state index < -0.39 is 11.5 Å². The van der Waals surface area contributed by atoms with Crippen molar-refractivity contribution in [1.29, 1.82) is 0 Å². The predicted molar refractivity (Wildman–Crippen MR) is 81.5 cm³/mol. The quantitative estimate of drug-likeness (QED) is 0.879. The number of hydrogen-bond acceptors (Lipinski definition) is 2. The molecule has 1 atom stereocenters. The van der Waals surface area contributed by atoms with E-state index in [1.165, 1.54) is 0 Å². The molecule has 0 aliphatic carbocycles. The molecule has 0 heterocycles. The van der Waals surface area contributed by atoms with Crippen molar-refractivity contribution in [2.75, 3.05) is 5.32 Å². The van der Waals surface area contributed by atoms with Gasteiger partial charge in [-0.2, -0.15) is 0 Å². The lowest BCUT2D eigenvalue weighted by Gasteiger charge is -2.28. The molecule has 0 aliphatic rings. The molecule has 3 nitrogen and oxygen atoms in total. The SMILES string of the molecule is CC(Nc1ccc(Cl)cc1)(C(=O)O)c1cccc(Cl)c1. The first-order chi connectivity index (χ1) is 9.41. The first-order valence-corrected chi connectivity index (χ1v) is 6.70. The van der Waals surface area contributed by atoms with E-state index in [1.54, 1.807) is 55.5 Å². The molecule has 0 amide bonds. The van der Waals surface area contributed by atoms with Gasteiger partial charge in [0, 0.05) is 15.7 Å². The van der Waals surface area contributed by atoms with Gasteiger partial charge in [-0.05, 0) is 48.9 Å². The Morgan fingerprint density at radius 2 is 1.75 bits per heavy atom. The molecule has 0 spiro atoms. The van der Waals surface area contributed by atoms with Gasteiger partial charge < -0.3 is 10.4 Å². The number of nitrogens with one attached hydrogen (secondary N) is 1. The Bertz CT molecular complexity index is 628. The summed E-state index contributed by atoms with van der Waals surface area (Å²) in [7, 11) is 0. The van der Waals surface area contributed by atoms with Crippen LogP contribution in [0.5, 0.6) is 0 Å². The van der Waals surface area contributed by atoms with Crippen LogP contribution >= 0.6 is 23.2 Å². The number of benzene rings is 2. The minimum atomic E-state index is -1.28. The Labute approximate surface area is 127 Å². The smallest absolute Gasteiger partial charge is 0.333 e. The highest BCUT2D eigenvalue weighted by Crippen LogP contribution is 2.29. The summed E-state index contributed by atoms with van der Waals surface area (Å²) in [5, 5.41) is 13.7. The second-order valence-corrected chi connectivity index (χ2v) is 5.45. The van der Waals surface area contributed by atoms with Crippen LogP contribution in [0, 0.1) is 0 Å². The van der Waals surface area contributed by atoms with Gasteiger partial charge in [0.2, 0.25) is 0 Å². The molecule has 1 unspecified atom stereocenters. The minimum Gasteiger partial charge on any atom is -0.479 e. The third-order valence-electron chi connectivity index (χ3n) is 3.07. The van der Waals surface area contributed by atoms with Crippen LogP contribution in [-0.4, -0.2) is 11.1 Å². The monoisotopic (exact) mass is 309 g/mol. The number of aliphatic carboxylic acids is 1. The average molecular weight is 310 g/mol. The molecule has 2 N–H and O–H groups in total. The van der Waals surface area contributed by atoms with Gasteiger partial charge in [-0.1, -0.05) is 35.3 Å². The van der Waals surface area contributed by atoms with Gasteiger partial charge in [-0.15, -0.1) is 0 Å². The Balaban J connectivity index is 2.39. The maximum Gasteiger partial charge on any atom is 0.333 e. The van der Waals surface area contributed by atoms with Crippen LogP contribution in [0.2, 0.25) is 10.0 Å². The van der Waals surface area contributed by atoms with Crippen molar-refractivity contribution < 1.29 is 9.90 Å². The summed E-state index contributed by atoms with van der Waals surface area (Å²) in [4.78, 5) is 11.7. The molecule has 2 rings (SSSR count). The Morgan fingerprint density at radius 3 is 2.30 bits per heavy atom. The number of carboxylic acids is 1. The van der Waals surface area contributed by atoms with E-state index in [1.807, 2.05) is 0 Å². The summed E-state index contributed by atoms with van der Waals surface area (Å²) in [6.07, 6.45) is 0. The summed E-state index contributed by atoms with van der Waals surface area (Å²) in [6, 6.07) is 13.6. The van der Waals surface area contributed by atoms with Crippen LogP contribution in [0.1, 0.15) is 12.5 Å². The topological polar surface area (TPSA) is 49.3 Å². The van der Waals surface area contributed by atoms with Gasteiger partial charge in [0.25, 0.3) is 0 Å². The lowest BCUT2D eigenvalue weighted by Crippen LogP contribution is -2.40. The van der Waals surface area contributed by atoms with Gasteiger partial charge in [0.1, 0.15) is 0 Å². The van der Waals surface area contributed by atoms with Crippen molar-refractivity contribution in [2.24, 2.45) is 0 Å². The molecule has 0 saturated carbocycles. The van der Waals surface area contributed by atoms with E-state index in [-0.39, 0.29) is 0 Å². The van der Waals surface area contributed by atoms with Gasteiger partial charge in [0.15, 0.2) is 5.54 Å². The summed E-state index contributed by atoms with van der Waals surface area (Å²) in [6.45, 7) is 1.59. The van der Waals surface area contributed by atoms with Crippen molar-refractivity contribution in [1.82, 2.24) is 0 Å². The van der Waals surface area contributed by atoms with Crippen molar-refractivity contribution in [2.45, 2.75) is 12.5 Å². The van der Waals surface area contributed by atoms with Crippen molar-refractivity contribution >= 4 is 34.9 Å². The molecular formula is C15H13Cl2NO2. The zero-order valence-electron chi connectivity index (χ0n) is 10.7. The fraction of sp³-hybridized carbons (Fsp3) is 0.133. The fourth-order valence-corrected chi connectivity index (χ4v) is 2.19. The standard InChI is InChI=1S/C15H13Cl2NO2/c1-15(14(19)20,10-3-2-4-12(17)9-10)18-13-7-5-11(16)6-8-13/h2-9,18H,1H3,(H,19,20). The van der Waals surface area contributed by atoms with Crippen molar-refractivity contribution in [3.8, 4) is 0 Å². The highest BCUT2D eigenvalue weighted by Gasteiger charge is 2.35. The second-order valence-electron chi connectivity index (χ2n) is 4.57. The van der Waals surface area contributed by atoms with Crippen molar-refractivity contribution in [3.63, 3.8) is 0 Å². The molecule has 0 aliphatic heterocycles. The van der Waals surface area contributed by atoms with Crippen molar-refractivity contribution in [3.05, 3.63) is 64.1 Å². The summed E-state index contributed by atoms with van der Waals surface area (Å²) >= 11 is 11.8. The van der Waals surface area contributed by atoms with Gasteiger partial charge in [0.05, 0.1) is 0 Å². The normalized spacial score (nSPS) is 13.6. The minimum absolute atomic E-state index is 0.493. The van der Waals surface area contributed by atoms with Crippen LogP contribution in [0.3, 0.4) is 0 Å². The zero-order chi connectivity index (χ0) is 14.8. The number of hydrogen-bond donors (Lipinski definition) is 2. The Morgan fingerprint density at radius 1 is 1.10 bits per heavy atom. The lowest BCUT2D eigenvalue weighted by atomic mass is 9.91. The molecule has 0 radical (unpaired) electrons. The molecule has 0 bridgehead atoms. The first-order valence-electron chi connectivity index (χ1n) is 5.95. The maximum absolute atomic E-state index is 11.7. The lowest BCUT2D eigenvalue weighted by molar-refractivity contribution is -0.142. The molecule has 0 saturated heterocycles. The first kappa shape index (κ1) is 14.7. The van der Waals surface area contributed by atoms with Crippen LogP contribution in [0.15, 0.2) is 48.5 Å². The fourth-order valence-electron chi connectivity index (χ4n) is 1.87. The van der Waals surface area contributed by atoms with Crippen LogP contribution in [0.4, 0.5) is 5.69 Å². The van der Waals surface area contributed by atoms with Gasteiger partial charge >= 0.3 is 5.97 Å². The van der Waals surface area contributed by atoms with E-state index in [2.05, 4.69) is 5.32 Å². The number of anilines is 1. The Hall–Kier alpha value is -1.71. The third-order valence-corrected chi connectivity index (χ3v) is 3.56. The molecule has 2 aromatic rings. The van der Waals surface area contributed by atoms with E-state index in [0.717, 1.165) is 0 Å². The van der Waals surface area contributed by atoms with E-state index in [9.17, 15) is 9.90 Å². The largest absolute Gasteiger partial charge is 0.479 e. The number of carbonyl (C=O) groups is 1. The van der Waals surface area contributed by atoms with Gasteiger partial charge in [-0.3, -0.25) is 0 Å². The second kappa shape index (κ2) is 5.73. The van der Waals surface area contributed by atoms with E-state index >= 15 is 0 Å². The van der Waals surface area contributed by atoms with E-state index in [4.69, 9.17) is 23.2 Å². The van der Waals surface area contributed by atoms with Crippen LogP contribution in [-0.2, 0) is 10.3 Å². The van der Waals surface area contributed by atoms with Gasteiger partial charge in [-0.25, -0.2) is 4.79 Å².